The van der Waals surface area contributed by atoms with E-state index in [0.29, 0.717) is 47.5 Å². The van der Waals surface area contributed by atoms with E-state index in [1.807, 2.05) is 84.2 Å². The van der Waals surface area contributed by atoms with Crippen LogP contribution in [0.25, 0.3) is 0 Å². The van der Waals surface area contributed by atoms with E-state index < -0.39 is 0 Å². The number of nitrogens with zero attached hydrogens (tertiary/aromatic N) is 4. The molecule has 0 aromatic heterocycles. The summed E-state index contributed by atoms with van der Waals surface area (Å²) in [5.41, 5.74) is 5.28. The summed E-state index contributed by atoms with van der Waals surface area (Å²) < 4.78 is 0. The highest BCUT2D eigenvalue weighted by molar-refractivity contribution is 7.80. The van der Waals surface area contributed by atoms with Crippen molar-refractivity contribution in [2.75, 3.05) is 51.1 Å². The third-order valence-corrected chi connectivity index (χ3v) is 8.10. The second kappa shape index (κ2) is 16.5. The highest BCUT2D eigenvalue weighted by Gasteiger charge is 2.19. The molecule has 4 aromatic carbocycles. The fraction of sp³-hybridized carbons (Fsp3) is 0.222. The van der Waals surface area contributed by atoms with Gasteiger partial charge in [-0.1, -0.05) is 60.7 Å². The second-order valence-corrected chi connectivity index (χ2v) is 12.0. The smallest absolute Gasteiger partial charge is 0.257 e. The van der Waals surface area contributed by atoms with Crippen LogP contribution in [0, 0.1) is 0 Å². The predicted octanol–water partition coefficient (Wildman–Crippen LogP) is 5.55. The number of thiocarbonyl (C=S) groups is 2. The Kier molecular flexibility index (Phi) is 12.2. The Bertz CT molecular complexity index is 1490. The molecular weight excluding hydrogens is 613 g/mol. The fourth-order valence-electron chi connectivity index (χ4n) is 4.66. The molecule has 0 bridgehead atoms. The lowest BCUT2D eigenvalue weighted by Gasteiger charge is -2.31. The number of hydrogen-bond acceptors (Lipinski definition) is 6. The van der Waals surface area contributed by atoms with E-state index in [4.69, 9.17) is 24.4 Å². The normalized spacial score (nSPS) is 10.4. The van der Waals surface area contributed by atoms with E-state index in [1.165, 1.54) is 0 Å². The average molecular weight is 653 g/mol. The molecular formula is C36H40N6O2S2. The van der Waals surface area contributed by atoms with Crippen LogP contribution in [0.2, 0.25) is 0 Å². The largest absolute Gasteiger partial charge is 0.378 e. The highest BCUT2D eigenvalue weighted by Crippen LogP contribution is 2.16. The first-order chi connectivity index (χ1) is 22.1. The van der Waals surface area contributed by atoms with Crippen LogP contribution in [0.1, 0.15) is 31.8 Å². The SMILES string of the molecule is CN(C)c1ccc(CN(CCN(Cc2ccc(N(C)C)cc2)C(=S)NC(=O)c2ccccc2)C(=S)NC(=O)c2ccccc2)cc1. The number of amides is 2. The van der Waals surface area contributed by atoms with E-state index >= 15 is 0 Å². The summed E-state index contributed by atoms with van der Waals surface area (Å²) in [7, 11) is 7.99. The van der Waals surface area contributed by atoms with Gasteiger partial charge >= 0.3 is 0 Å². The molecule has 2 N–H and O–H groups in total. The molecule has 0 unspecified atom stereocenters. The fourth-order valence-corrected chi connectivity index (χ4v) is 5.16. The van der Waals surface area contributed by atoms with Gasteiger partial charge in [-0.3, -0.25) is 20.2 Å². The monoisotopic (exact) mass is 652 g/mol. The average Bonchev–Trinajstić information content (AvgIpc) is 3.07. The Hall–Kier alpha value is -4.80. The summed E-state index contributed by atoms with van der Waals surface area (Å²) in [5.74, 6) is -0.552. The maximum atomic E-state index is 13.0. The van der Waals surface area contributed by atoms with Crippen molar-refractivity contribution in [1.82, 2.24) is 20.4 Å². The summed E-state index contributed by atoms with van der Waals surface area (Å²) in [4.78, 5) is 34.1. The molecule has 4 rings (SSSR count). The topological polar surface area (TPSA) is 71.2 Å². The van der Waals surface area contributed by atoms with E-state index in [-0.39, 0.29) is 11.8 Å². The summed E-state index contributed by atoms with van der Waals surface area (Å²) in [6.45, 7) is 1.80. The van der Waals surface area contributed by atoms with Crippen LogP contribution in [-0.2, 0) is 13.1 Å². The van der Waals surface area contributed by atoms with Crippen molar-refractivity contribution >= 4 is 57.8 Å². The first-order valence-electron chi connectivity index (χ1n) is 14.9. The van der Waals surface area contributed by atoms with Crippen LogP contribution < -0.4 is 20.4 Å². The lowest BCUT2D eigenvalue weighted by Crippen LogP contribution is -2.48. The lowest BCUT2D eigenvalue weighted by molar-refractivity contribution is 0.0962. The second-order valence-electron chi connectivity index (χ2n) is 11.2. The number of hydrogen-bond donors (Lipinski definition) is 2. The van der Waals surface area contributed by atoms with Crippen molar-refractivity contribution in [3.8, 4) is 0 Å². The number of carbonyl (C=O) groups is 2. The van der Waals surface area contributed by atoms with Gasteiger partial charge in [0.2, 0.25) is 0 Å². The Morgan fingerprint density at radius 2 is 0.848 bits per heavy atom. The van der Waals surface area contributed by atoms with Crippen molar-refractivity contribution in [3.05, 3.63) is 131 Å². The number of benzene rings is 4. The van der Waals surface area contributed by atoms with Gasteiger partial charge in [0.25, 0.3) is 11.8 Å². The zero-order chi connectivity index (χ0) is 33.1. The van der Waals surface area contributed by atoms with E-state index in [0.717, 1.165) is 22.5 Å². The quantitative estimate of drug-likeness (QED) is 0.205. The third-order valence-electron chi connectivity index (χ3n) is 7.38. The van der Waals surface area contributed by atoms with Gasteiger partial charge in [-0.05, 0) is 84.1 Å². The van der Waals surface area contributed by atoms with Gasteiger partial charge in [-0.25, -0.2) is 0 Å². The van der Waals surface area contributed by atoms with Crippen LogP contribution in [-0.4, -0.2) is 73.1 Å². The number of carbonyl (C=O) groups excluding carboxylic acids is 2. The summed E-state index contributed by atoms with van der Waals surface area (Å²) in [6.07, 6.45) is 0. The van der Waals surface area contributed by atoms with Crippen molar-refractivity contribution in [3.63, 3.8) is 0 Å². The first kappa shape index (κ1) is 34.1. The molecule has 0 saturated heterocycles. The van der Waals surface area contributed by atoms with Crippen LogP contribution in [0.5, 0.6) is 0 Å². The van der Waals surface area contributed by atoms with E-state index in [2.05, 4.69) is 59.2 Å². The van der Waals surface area contributed by atoms with Crippen LogP contribution >= 0.6 is 24.4 Å². The van der Waals surface area contributed by atoms with Gasteiger partial charge < -0.3 is 19.6 Å². The summed E-state index contributed by atoms with van der Waals surface area (Å²) in [6, 6.07) is 34.4. The minimum absolute atomic E-state index is 0.276. The number of nitrogens with one attached hydrogen (secondary N) is 2. The molecule has 0 radical (unpaired) electrons. The molecule has 238 valence electrons. The Morgan fingerprint density at radius 1 is 0.522 bits per heavy atom. The third kappa shape index (κ3) is 9.85. The molecule has 0 heterocycles. The Morgan fingerprint density at radius 3 is 1.15 bits per heavy atom. The van der Waals surface area contributed by atoms with E-state index in [9.17, 15) is 9.59 Å². The van der Waals surface area contributed by atoms with Crippen molar-refractivity contribution in [2.45, 2.75) is 13.1 Å². The maximum Gasteiger partial charge on any atom is 0.257 e. The molecule has 46 heavy (non-hydrogen) atoms. The van der Waals surface area contributed by atoms with Crippen molar-refractivity contribution < 1.29 is 9.59 Å². The Balaban J connectivity index is 1.56. The van der Waals surface area contributed by atoms with Gasteiger partial charge in [0.05, 0.1) is 0 Å². The molecule has 0 fully saturated rings. The molecule has 0 saturated carbocycles. The van der Waals surface area contributed by atoms with Crippen LogP contribution in [0.3, 0.4) is 0 Å². The lowest BCUT2D eigenvalue weighted by atomic mass is 10.1. The maximum absolute atomic E-state index is 13.0. The van der Waals surface area contributed by atoms with Gasteiger partial charge in [-0.15, -0.1) is 0 Å². The zero-order valence-electron chi connectivity index (χ0n) is 26.6. The predicted molar refractivity (Wildman–Crippen MR) is 195 cm³/mol. The molecule has 0 aliphatic rings. The first-order valence-corrected chi connectivity index (χ1v) is 15.8. The van der Waals surface area contributed by atoms with Crippen LogP contribution in [0.4, 0.5) is 11.4 Å². The summed E-state index contributed by atoms with van der Waals surface area (Å²) in [5, 5.41) is 6.42. The molecule has 0 aliphatic carbocycles. The molecule has 0 atom stereocenters. The van der Waals surface area contributed by atoms with E-state index in [1.54, 1.807) is 24.3 Å². The number of rotatable bonds is 11. The highest BCUT2D eigenvalue weighted by atomic mass is 32.1. The molecule has 10 heteroatoms. The van der Waals surface area contributed by atoms with Gasteiger partial charge in [0, 0.05) is 76.9 Å². The molecule has 2 amide bonds. The molecule has 4 aromatic rings. The zero-order valence-corrected chi connectivity index (χ0v) is 28.3. The van der Waals surface area contributed by atoms with Crippen molar-refractivity contribution in [2.24, 2.45) is 0 Å². The van der Waals surface area contributed by atoms with Gasteiger partial charge in [0.15, 0.2) is 10.2 Å². The van der Waals surface area contributed by atoms with Crippen molar-refractivity contribution in [1.29, 1.82) is 0 Å². The minimum atomic E-state index is -0.276. The molecule has 0 spiro atoms. The molecule has 0 aliphatic heterocycles. The number of anilines is 2. The van der Waals surface area contributed by atoms with Crippen LogP contribution in [0.15, 0.2) is 109 Å². The van der Waals surface area contributed by atoms with Gasteiger partial charge in [-0.2, -0.15) is 0 Å². The Labute approximate surface area is 282 Å². The standard InChI is InChI=1S/C36H40N6O2S2/c1-39(2)31-19-15-27(16-20-31)25-41(35(45)37-33(43)29-11-7-5-8-12-29)23-24-42(26-28-17-21-32(22-18-28)40(3)4)36(46)38-34(44)30-13-9-6-10-14-30/h5-22H,23-26H2,1-4H3,(H,37,43,45)(H,38,44,46). The summed E-state index contributed by atoms with van der Waals surface area (Å²) >= 11 is 11.6. The molecule has 8 nitrogen and oxygen atoms in total. The van der Waals surface area contributed by atoms with Gasteiger partial charge in [0.1, 0.15) is 0 Å². The minimum Gasteiger partial charge on any atom is -0.378 e.